The largest absolute Gasteiger partial charge is 0.230 e. The highest BCUT2D eigenvalue weighted by Crippen LogP contribution is 2.00. The molecule has 4 heteroatoms. The van der Waals surface area contributed by atoms with E-state index in [2.05, 4.69) is 29.4 Å². The van der Waals surface area contributed by atoms with Crippen molar-refractivity contribution in [2.75, 3.05) is 0 Å². The van der Waals surface area contributed by atoms with Gasteiger partial charge in [-0.05, 0) is 23.3 Å². The van der Waals surface area contributed by atoms with Crippen molar-refractivity contribution in [3.05, 3.63) is 5.82 Å². The molecule has 0 amide bonds. The summed E-state index contributed by atoms with van der Waals surface area (Å²) in [5, 5.41) is 11.5. The van der Waals surface area contributed by atoms with Gasteiger partial charge in [-0.25, -0.2) is 4.68 Å². The van der Waals surface area contributed by atoms with Crippen LogP contribution in [0.1, 0.15) is 38.9 Å². The minimum atomic E-state index is 0.937. The Morgan fingerprint density at radius 1 is 1.25 bits per heavy atom. The van der Waals surface area contributed by atoms with Crippen LogP contribution in [0.4, 0.5) is 0 Å². The number of hydrogen-bond donors (Lipinski definition) is 0. The quantitative estimate of drug-likeness (QED) is 0.668. The molecule has 0 aliphatic heterocycles. The van der Waals surface area contributed by atoms with Crippen LogP contribution in [-0.4, -0.2) is 20.2 Å². The van der Waals surface area contributed by atoms with Gasteiger partial charge in [0, 0.05) is 13.0 Å². The molecule has 0 aliphatic carbocycles. The monoisotopic (exact) mass is 168 g/mol. The average molecular weight is 168 g/mol. The van der Waals surface area contributed by atoms with Crippen molar-refractivity contribution in [2.45, 2.75) is 46.1 Å². The Bertz CT molecular complexity index is 219. The van der Waals surface area contributed by atoms with Gasteiger partial charge in [0.25, 0.3) is 0 Å². The molecule has 12 heavy (non-hydrogen) atoms. The number of rotatable bonds is 5. The summed E-state index contributed by atoms with van der Waals surface area (Å²) in [5.74, 6) is 1.03. The lowest BCUT2D eigenvalue weighted by Gasteiger charge is -2.00. The zero-order valence-corrected chi connectivity index (χ0v) is 7.82. The van der Waals surface area contributed by atoms with Crippen molar-refractivity contribution in [1.29, 1.82) is 0 Å². The molecule has 1 heterocycles. The lowest BCUT2D eigenvalue weighted by atomic mass is 10.2. The Balaban J connectivity index is 2.51. The molecule has 0 bridgehead atoms. The Morgan fingerprint density at radius 2 is 2.08 bits per heavy atom. The molecule has 1 rings (SSSR count). The van der Waals surface area contributed by atoms with Crippen LogP contribution >= 0.6 is 0 Å². The first kappa shape index (κ1) is 9.16. The van der Waals surface area contributed by atoms with E-state index in [4.69, 9.17) is 0 Å². The van der Waals surface area contributed by atoms with E-state index in [1.807, 2.05) is 4.68 Å². The van der Waals surface area contributed by atoms with Gasteiger partial charge < -0.3 is 0 Å². The highest BCUT2D eigenvalue weighted by molar-refractivity contribution is 4.80. The van der Waals surface area contributed by atoms with Crippen molar-refractivity contribution in [3.8, 4) is 0 Å². The van der Waals surface area contributed by atoms with Gasteiger partial charge in [0.2, 0.25) is 0 Å². The molecular weight excluding hydrogens is 152 g/mol. The molecule has 0 N–H and O–H groups in total. The summed E-state index contributed by atoms with van der Waals surface area (Å²) in [7, 11) is 0. The third kappa shape index (κ3) is 2.29. The normalized spacial score (nSPS) is 10.5. The second-order valence-corrected chi connectivity index (χ2v) is 2.92. The van der Waals surface area contributed by atoms with E-state index in [1.54, 1.807) is 0 Å². The minimum absolute atomic E-state index is 0.937. The van der Waals surface area contributed by atoms with Gasteiger partial charge in [-0.1, -0.05) is 20.3 Å². The molecule has 0 unspecified atom stereocenters. The molecule has 0 atom stereocenters. The number of aryl methyl sites for hydroxylation is 2. The molecule has 4 nitrogen and oxygen atoms in total. The molecule has 0 spiro atoms. The molecule has 1 aromatic heterocycles. The molecule has 0 radical (unpaired) electrons. The lowest BCUT2D eigenvalue weighted by Crippen LogP contribution is -2.05. The standard InChI is InChI=1S/C8H16N4/c1-3-5-6-8-9-10-11-12(8)7-4-2/h3-7H2,1-2H3. The number of nitrogens with zero attached hydrogens (tertiary/aromatic N) is 4. The van der Waals surface area contributed by atoms with E-state index in [1.165, 1.54) is 12.8 Å². The SMILES string of the molecule is CCCCc1nnnn1CCC. The summed E-state index contributed by atoms with van der Waals surface area (Å²) >= 11 is 0. The highest BCUT2D eigenvalue weighted by Gasteiger charge is 2.02. The van der Waals surface area contributed by atoms with Crippen LogP contribution in [0.25, 0.3) is 0 Å². The Kier molecular flexibility index (Phi) is 3.70. The van der Waals surface area contributed by atoms with Crippen molar-refractivity contribution in [2.24, 2.45) is 0 Å². The van der Waals surface area contributed by atoms with Gasteiger partial charge in [-0.3, -0.25) is 0 Å². The first-order valence-corrected chi connectivity index (χ1v) is 4.63. The van der Waals surface area contributed by atoms with E-state index in [0.717, 1.165) is 25.2 Å². The maximum atomic E-state index is 3.97. The highest BCUT2D eigenvalue weighted by atomic mass is 15.5. The van der Waals surface area contributed by atoms with Crippen LogP contribution in [0.3, 0.4) is 0 Å². The zero-order chi connectivity index (χ0) is 8.81. The number of aromatic nitrogens is 4. The average Bonchev–Trinajstić information content (AvgIpc) is 2.50. The van der Waals surface area contributed by atoms with E-state index < -0.39 is 0 Å². The number of hydrogen-bond acceptors (Lipinski definition) is 3. The number of unbranched alkanes of at least 4 members (excludes halogenated alkanes) is 1. The molecule has 0 fully saturated rings. The first-order valence-electron chi connectivity index (χ1n) is 4.63. The number of tetrazole rings is 1. The van der Waals surface area contributed by atoms with Gasteiger partial charge in [0.05, 0.1) is 0 Å². The van der Waals surface area contributed by atoms with Crippen LogP contribution in [0.2, 0.25) is 0 Å². The second-order valence-electron chi connectivity index (χ2n) is 2.92. The van der Waals surface area contributed by atoms with E-state index in [9.17, 15) is 0 Å². The van der Waals surface area contributed by atoms with Crippen molar-refractivity contribution in [1.82, 2.24) is 20.2 Å². The van der Waals surface area contributed by atoms with Crippen LogP contribution in [-0.2, 0) is 13.0 Å². The fraction of sp³-hybridized carbons (Fsp3) is 0.875. The van der Waals surface area contributed by atoms with Crippen LogP contribution in [0, 0.1) is 0 Å². The second kappa shape index (κ2) is 4.85. The van der Waals surface area contributed by atoms with Crippen molar-refractivity contribution >= 4 is 0 Å². The van der Waals surface area contributed by atoms with Gasteiger partial charge >= 0.3 is 0 Å². The molecular formula is C8H16N4. The lowest BCUT2D eigenvalue weighted by molar-refractivity contribution is 0.548. The first-order chi connectivity index (χ1) is 5.88. The molecule has 0 saturated heterocycles. The van der Waals surface area contributed by atoms with Gasteiger partial charge in [0.15, 0.2) is 5.82 Å². The fourth-order valence-corrected chi connectivity index (χ4v) is 1.12. The van der Waals surface area contributed by atoms with E-state index in [-0.39, 0.29) is 0 Å². The molecule has 1 aromatic rings. The smallest absolute Gasteiger partial charge is 0.151 e. The fourth-order valence-electron chi connectivity index (χ4n) is 1.12. The Labute approximate surface area is 73.0 Å². The molecule has 0 saturated carbocycles. The zero-order valence-electron chi connectivity index (χ0n) is 7.82. The molecule has 0 aromatic carbocycles. The van der Waals surface area contributed by atoms with Gasteiger partial charge in [-0.15, -0.1) is 5.10 Å². The summed E-state index contributed by atoms with van der Waals surface area (Å²) in [6.45, 7) is 5.24. The van der Waals surface area contributed by atoms with Crippen molar-refractivity contribution in [3.63, 3.8) is 0 Å². The minimum Gasteiger partial charge on any atom is -0.230 e. The summed E-state index contributed by atoms with van der Waals surface area (Å²) in [4.78, 5) is 0. The third-order valence-electron chi connectivity index (χ3n) is 1.80. The Hall–Kier alpha value is -0.930. The van der Waals surface area contributed by atoms with Crippen LogP contribution in [0.5, 0.6) is 0 Å². The topological polar surface area (TPSA) is 43.6 Å². The Morgan fingerprint density at radius 3 is 2.75 bits per heavy atom. The van der Waals surface area contributed by atoms with Gasteiger partial charge in [-0.2, -0.15) is 0 Å². The summed E-state index contributed by atoms with van der Waals surface area (Å²) in [5.41, 5.74) is 0. The van der Waals surface area contributed by atoms with E-state index in [0.29, 0.717) is 0 Å². The van der Waals surface area contributed by atoms with E-state index >= 15 is 0 Å². The van der Waals surface area contributed by atoms with Gasteiger partial charge in [0.1, 0.15) is 0 Å². The van der Waals surface area contributed by atoms with Crippen LogP contribution < -0.4 is 0 Å². The summed E-state index contributed by atoms with van der Waals surface area (Å²) in [6.07, 6.45) is 4.46. The predicted molar refractivity (Wildman–Crippen MR) is 46.7 cm³/mol. The third-order valence-corrected chi connectivity index (χ3v) is 1.80. The summed E-state index contributed by atoms with van der Waals surface area (Å²) in [6, 6.07) is 0. The van der Waals surface area contributed by atoms with Crippen LogP contribution in [0.15, 0.2) is 0 Å². The molecule has 68 valence electrons. The predicted octanol–water partition coefficient (Wildman–Crippen LogP) is 1.43. The molecule has 0 aliphatic rings. The van der Waals surface area contributed by atoms with Crippen molar-refractivity contribution < 1.29 is 0 Å². The maximum absolute atomic E-state index is 3.97. The summed E-state index contributed by atoms with van der Waals surface area (Å²) < 4.78 is 1.90. The maximum Gasteiger partial charge on any atom is 0.151 e.